The molecule has 7 heteroatoms. The van der Waals surface area contributed by atoms with Crippen LogP contribution in [0.15, 0.2) is 60.8 Å². The van der Waals surface area contributed by atoms with Crippen LogP contribution in [0.4, 0.5) is 9.93 Å². The molecule has 0 aliphatic heterocycles. The predicted molar refractivity (Wildman–Crippen MR) is 107 cm³/mol. The van der Waals surface area contributed by atoms with Gasteiger partial charge in [0.2, 0.25) is 0 Å². The minimum atomic E-state index is -0.316. The summed E-state index contributed by atoms with van der Waals surface area (Å²) in [5, 5.41) is 12.7. The highest BCUT2D eigenvalue weighted by Gasteiger charge is 2.17. The van der Waals surface area contributed by atoms with Crippen LogP contribution in [0.1, 0.15) is 5.56 Å². The summed E-state index contributed by atoms with van der Waals surface area (Å²) in [6.07, 6.45) is 1.74. The van der Waals surface area contributed by atoms with Crippen molar-refractivity contribution in [3.63, 3.8) is 0 Å². The number of nitrogens with zero attached hydrogens (tertiary/aromatic N) is 2. The highest BCUT2D eigenvalue weighted by atomic mass is 32.1. The largest absolute Gasteiger partial charge is 0.496 e. The maximum atomic E-state index is 12.7. The second kappa shape index (κ2) is 9.16. The molecule has 2 aromatic carbocycles. The van der Waals surface area contributed by atoms with E-state index in [-0.39, 0.29) is 19.2 Å². The number of carbonyl (C=O) groups excluding carboxylic acids is 1. The fourth-order valence-corrected chi connectivity index (χ4v) is 3.46. The Kier molecular flexibility index (Phi) is 6.40. The molecule has 1 heterocycles. The molecule has 0 saturated carbocycles. The summed E-state index contributed by atoms with van der Waals surface area (Å²) >= 11 is 1.41. The number of ether oxygens (including phenoxy) is 1. The Labute approximate surface area is 162 Å². The maximum Gasteiger partial charge on any atom is 0.324 e. The third-order valence-electron chi connectivity index (χ3n) is 3.99. The molecule has 140 valence electrons. The molecule has 0 radical (unpaired) electrons. The van der Waals surface area contributed by atoms with E-state index >= 15 is 0 Å². The van der Waals surface area contributed by atoms with E-state index < -0.39 is 0 Å². The Balaban J connectivity index is 1.71. The first-order valence-corrected chi connectivity index (χ1v) is 9.33. The third kappa shape index (κ3) is 4.84. The Hall–Kier alpha value is -2.90. The number of aliphatic hydroxyl groups excluding tert-OH is 1. The number of aliphatic hydroxyl groups is 1. The fraction of sp³-hybridized carbons (Fsp3) is 0.200. The van der Waals surface area contributed by atoms with Crippen molar-refractivity contribution in [2.24, 2.45) is 0 Å². The molecule has 2 amide bonds. The van der Waals surface area contributed by atoms with Crippen LogP contribution in [0.5, 0.6) is 5.75 Å². The van der Waals surface area contributed by atoms with E-state index in [0.717, 1.165) is 16.0 Å². The van der Waals surface area contributed by atoms with E-state index in [1.807, 2.05) is 54.6 Å². The number of methoxy groups -OCH3 is 1. The molecule has 0 atom stereocenters. The average Bonchev–Trinajstić information content (AvgIpc) is 3.17. The fourth-order valence-electron chi connectivity index (χ4n) is 2.65. The number of hydrogen-bond donors (Lipinski definition) is 2. The Bertz CT molecular complexity index is 883. The van der Waals surface area contributed by atoms with Gasteiger partial charge in [-0.15, -0.1) is 0 Å². The van der Waals surface area contributed by atoms with Crippen molar-refractivity contribution >= 4 is 22.5 Å². The van der Waals surface area contributed by atoms with Crippen molar-refractivity contribution in [3.05, 3.63) is 66.4 Å². The number of para-hydroxylation sites is 1. The van der Waals surface area contributed by atoms with Crippen LogP contribution in [0.2, 0.25) is 0 Å². The first-order chi connectivity index (χ1) is 13.2. The molecule has 1 aromatic heterocycles. The number of urea groups is 1. The average molecular weight is 383 g/mol. The molecule has 0 unspecified atom stereocenters. The van der Waals surface area contributed by atoms with E-state index in [2.05, 4.69) is 10.3 Å². The van der Waals surface area contributed by atoms with Gasteiger partial charge in [0.25, 0.3) is 0 Å². The summed E-state index contributed by atoms with van der Waals surface area (Å²) in [5.41, 5.74) is 1.92. The lowest BCUT2D eigenvalue weighted by atomic mass is 10.2. The number of amides is 2. The standard InChI is InChI=1S/C20H21N3O3S/c1-26-17-10-6-5-9-16(17)14-23(11-12-24)20(25)22-19-21-13-18(27-19)15-7-3-2-4-8-15/h2-10,13,24H,11-12,14H2,1H3,(H,21,22,25). The highest BCUT2D eigenvalue weighted by Crippen LogP contribution is 2.29. The number of rotatable bonds is 7. The Morgan fingerprint density at radius 3 is 2.67 bits per heavy atom. The van der Waals surface area contributed by atoms with Crippen molar-refractivity contribution < 1.29 is 14.6 Å². The van der Waals surface area contributed by atoms with Crippen LogP contribution in [0.3, 0.4) is 0 Å². The van der Waals surface area contributed by atoms with Crippen molar-refractivity contribution in [1.29, 1.82) is 0 Å². The zero-order chi connectivity index (χ0) is 19.1. The normalized spacial score (nSPS) is 10.4. The van der Waals surface area contributed by atoms with Crippen LogP contribution in [-0.2, 0) is 6.54 Å². The van der Waals surface area contributed by atoms with Gasteiger partial charge in [-0.2, -0.15) is 0 Å². The first-order valence-electron chi connectivity index (χ1n) is 8.51. The molecule has 6 nitrogen and oxygen atoms in total. The Morgan fingerprint density at radius 1 is 1.19 bits per heavy atom. The maximum absolute atomic E-state index is 12.7. The topological polar surface area (TPSA) is 74.7 Å². The van der Waals surface area contributed by atoms with Crippen LogP contribution in [0, 0.1) is 0 Å². The first kappa shape index (κ1) is 18.9. The van der Waals surface area contributed by atoms with Crippen molar-refractivity contribution in [2.45, 2.75) is 6.54 Å². The van der Waals surface area contributed by atoms with Gasteiger partial charge in [0.15, 0.2) is 5.13 Å². The molecule has 0 bridgehead atoms. The number of nitrogens with one attached hydrogen (secondary N) is 1. The Morgan fingerprint density at radius 2 is 1.93 bits per heavy atom. The molecular formula is C20H21N3O3S. The van der Waals surface area contributed by atoms with Gasteiger partial charge in [-0.25, -0.2) is 9.78 Å². The molecule has 27 heavy (non-hydrogen) atoms. The van der Waals surface area contributed by atoms with Gasteiger partial charge < -0.3 is 14.7 Å². The van der Waals surface area contributed by atoms with Gasteiger partial charge in [-0.3, -0.25) is 5.32 Å². The second-order valence-electron chi connectivity index (χ2n) is 5.78. The van der Waals surface area contributed by atoms with Crippen LogP contribution in [-0.4, -0.2) is 41.3 Å². The number of aromatic nitrogens is 1. The van der Waals surface area contributed by atoms with Gasteiger partial charge in [0, 0.05) is 18.3 Å². The van der Waals surface area contributed by atoms with Crippen LogP contribution >= 0.6 is 11.3 Å². The number of anilines is 1. The number of thiazole rings is 1. The van der Waals surface area contributed by atoms with Crippen LogP contribution in [0.25, 0.3) is 10.4 Å². The summed E-state index contributed by atoms with van der Waals surface area (Å²) in [7, 11) is 1.59. The van der Waals surface area contributed by atoms with Crippen molar-refractivity contribution in [3.8, 4) is 16.2 Å². The molecule has 0 aliphatic carbocycles. The van der Waals surface area contributed by atoms with E-state index in [1.54, 1.807) is 13.3 Å². The lowest BCUT2D eigenvalue weighted by Crippen LogP contribution is -2.36. The van der Waals surface area contributed by atoms with Crippen molar-refractivity contribution in [1.82, 2.24) is 9.88 Å². The van der Waals surface area contributed by atoms with E-state index in [0.29, 0.717) is 17.4 Å². The predicted octanol–water partition coefficient (Wildman–Crippen LogP) is 3.85. The summed E-state index contributed by atoms with van der Waals surface area (Å²) in [6.45, 7) is 0.407. The SMILES string of the molecule is COc1ccccc1CN(CCO)C(=O)Nc1ncc(-c2ccccc2)s1. The summed E-state index contributed by atoms with van der Waals surface area (Å²) in [5.74, 6) is 0.703. The van der Waals surface area contributed by atoms with Gasteiger partial charge in [0.05, 0.1) is 25.1 Å². The molecule has 2 N–H and O–H groups in total. The summed E-state index contributed by atoms with van der Waals surface area (Å²) in [6, 6.07) is 17.1. The minimum absolute atomic E-state index is 0.129. The summed E-state index contributed by atoms with van der Waals surface area (Å²) in [4.78, 5) is 19.5. The summed E-state index contributed by atoms with van der Waals surface area (Å²) < 4.78 is 5.34. The second-order valence-corrected chi connectivity index (χ2v) is 6.81. The van der Waals surface area contributed by atoms with Gasteiger partial charge >= 0.3 is 6.03 Å². The molecule has 3 rings (SSSR count). The van der Waals surface area contributed by atoms with Gasteiger partial charge in [-0.1, -0.05) is 59.9 Å². The zero-order valence-corrected chi connectivity index (χ0v) is 15.8. The van der Waals surface area contributed by atoms with Crippen molar-refractivity contribution in [2.75, 3.05) is 25.6 Å². The lowest BCUT2D eigenvalue weighted by molar-refractivity contribution is 0.184. The lowest BCUT2D eigenvalue weighted by Gasteiger charge is -2.22. The number of hydrogen-bond acceptors (Lipinski definition) is 5. The van der Waals surface area contributed by atoms with E-state index in [4.69, 9.17) is 4.74 Å². The quantitative estimate of drug-likeness (QED) is 0.650. The zero-order valence-electron chi connectivity index (χ0n) is 15.0. The van der Waals surface area contributed by atoms with Crippen LogP contribution < -0.4 is 10.1 Å². The number of carbonyl (C=O) groups is 1. The molecule has 0 fully saturated rings. The molecule has 0 spiro atoms. The van der Waals surface area contributed by atoms with E-state index in [1.165, 1.54) is 16.2 Å². The number of benzene rings is 2. The molecular weight excluding hydrogens is 362 g/mol. The third-order valence-corrected chi connectivity index (χ3v) is 4.95. The monoisotopic (exact) mass is 383 g/mol. The smallest absolute Gasteiger partial charge is 0.324 e. The molecule has 3 aromatic rings. The molecule has 0 saturated heterocycles. The minimum Gasteiger partial charge on any atom is -0.496 e. The van der Waals surface area contributed by atoms with E-state index in [9.17, 15) is 9.90 Å². The molecule has 0 aliphatic rings. The van der Waals surface area contributed by atoms with Gasteiger partial charge in [-0.05, 0) is 11.6 Å². The van der Waals surface area contributed by atoms with Gasteiger partial charge in [0.1, 0.15) is 5.75 Å². The highest BCUT2D eigenvalue weighted by molar-refractivity contribution is 7.19.